The minimum absolute atomic E-state index is 0.110. The van der Waals surface area contributed by atoms with Crippen LogP contribution >= 0.6 is 11.3 Å². The molecule has 1 N–H and O–H groups in total. The molecule has 21 heavy (non-hydrogen) atoms. The van der Waals surface area contributed by atoms with Gasteiger partial charge in [-0.3, -0.25) is 10.1 Å². The Morgan fingerprint density at radius 2 is 2.19 bits per heavy atom. The largest absolute Gasteiger partial charge is 0.376 e. The van der Waals surface area contributed by atoms with Crippen LogP contribution in [0.2, 0.25) is 0 Å². The Balaban J connectivity index is 2.00. The predicted octanol–water partition coefficient (Wildman–Crippen LogP) is 3.76. The lowest BCUT2D eigenvalue weighted by molar-refractivity contribution is -0.383. The lowest BCUT2D eigenvalue weighted by Gasteiger charge is -2.16. The van der Waals surface area contributed by atoms with Crippen LogP contribution in [0.15, 0.2) is 34.3 Å². The van der Waals surface area contributed by atoms with Gasteiger partial charge in [-0.2, -0.15) is 0 Å². The summed E-state index contributed by atoms with van der Waals surface area (Å²) in [6.45, 7) is 2.07. The molecular weight excluding hydrogens is 292 g/mol. The highest BCUT2D eigenvalue weighted by atomic mass is 32.1. The van der Waals surface area contributed by atoms with Crippen molar-refractivity contribution in [2.24, 2.45) is 0 Å². The molecule has 2 heterocycles. The molecule has 0 saturated heterocycles. The Morgan fingerprint density at radius 3 is 2.86 bits per heavy atom. The zero-order valence-electron chi connectivity index (χ0n) is 11.1. The van der Waals surface area contributed by atoms with E-state index in [4.69, 9.17) is 0 Å². The van der Waals surface area contributed by atoms with Crippen molar-refractivity contribution in [3.8, 4) is 0 Å². The average molecular weight is 304 g/mol. The molecule has 1 aromatic carbocycles. The van der Waals surface area contributed by atoms with Crippen molar-refractivity contribution in [3.05, 3.63) is 44.6 Å². The van der Waals surface area contributed by atoms with Crippen LogP contribution in [-0.2, 0) is 0 Å². The minimum Gasteiger partial charge on any atom is -0.376 e. The molecule has 1 atom stereocenters. The number of benzene rings is 1. The van der Waals surface area contributed by atoms with E-state index in [1.807, 2.05) is 11.4 Å². The van der Waals surface area contributed by atoms with Crippen molar-refractivity contribution >= 4 is 33.7 Å². The third kappa shape index (κ3) is 2.45. The molecule has 3 aromatic rings. The second-order valence-electron chi connectivity index (χ2n) is 4.47. The molecule has 0 fully saturated rings. The van der Waals surface area contributed by atoms with Crippen LogP contribution in [0, 0.1) is 10.1 Å². The number of anilines is 1. The summed E-state index contributed by atoms with van der Waals surface area (Å²) < 4.78 is 4.66. The molecule has 0 aliphatic rings. The number of hydrogen-bond acceptors (Lipinski definition) is 7. The normalized spacial score (nSPS) is 12.4. The van der Waals surface area contributed by atoms with E-state index < -0.39 is 4.92 Å². The lowest BCUT2D eigenvalue weighted by Crippen LogP contribution is -2.08. The number of fused-ring (bicyclic) bond motifs is 1. The number of rotatable bonds is 5. The summed E-state index contributed by atoms with van der Waals surface area (Å²) in [7, 11) is 0. The summed E-state index contributed by atoms with van der Waals surface area (Å²) in [5.74, 6) is 0. The van der Waals surface area contributed by atoms with Crippen molar-refractivity contribution in [1.29, 1.82) is 0 Å². The first-order valence-corrected chi connectivity index (χ1v) is 7.28. The summed E-state index contributed by atoms with van der Waals surface area (Å²) in [6, 6.07) is 7.21. The van der Waals surface area contributed by atoms with Gasteiger partial charge in [0.2, 0.25) is 5.52 Å². The zero-order chi connectivity index (χ0) is 14.8. The van der Waals surface area contributed by atoms with Crippen molar-refractivity contribution in [2.45, 2.75) is 19.4 Å². The van der Waals surface area contributed by atoms with Crippen LogP contribution in [0.1, 0.15) is 24.3 Å². The van der Waals surface area contributed by atoms with Gasteiger partial charge in [-0.15, -0.1) is 11.3 Å². The molecule has 0 aliphatic heterocycles. The van der Waals surface area contributed by atoms with Crippen molar-refractivity contribution in [1.82, 2.24) is 10.3 Å². The SMILES string of the molecule is CCC(Nc1ccc([N+](=O)[O-])c2nonc12)c1cccs1. The number of thiophene rings is 1. The molecule has 8 heteroatoms. The maximum atomic E-state index is 11.0. The van der Waals surface area contributed by atoms with Crippen molar-refractivity contribution in [2.75, 3.05) is 5.32 Å². The first kappa shape index (κ1) is 13.5. The summed E-state index contributed by atoms with van der Waals surface area (Å²) in [5, 5.41) is 23.7. The van der Waals surface area contributed by atoms with Gasteiger partial charge >= 0.3 is 5.69 Å². The van der Waals surface area contributed by atoms with Gasteiger partial charge in [0, 0.05) is 10.9 Å². The van der Waals surface area contributed by atoms with Crippen LogP contribution in [0.4, 0.5) is 11.4 Å². The van der Waals surface area contributed by atoms with Gasteiger partial charge in [-0.1, -0.05) is 13.0 Å². The van der Waals surface area contributed by atoms with E-state index in [1.54, 1.807) is 17.4 Å². The van der Waals surface area contributed by atoms with E-state index in [1.165, 1.54) is 10.9 Å². The van der Waals surface area contributed by atoms with Crippen LogP contribution in [0.3, 0.4) is 0 Å². The first-order chi connectivity index (χ1) is 10.2. The third-order valence-electron chi connectivity index (χ3n) is 3.22. The molecule has 0 aliphatic carbocycles. The summed E-state index contributed by atoms with van der Waals surface area (Å²) in [5.41, 5.74) is 1.10. The second-order valence-corrected chi connectivity index (χ2v) is 5.45. The number of nitrogens with one attached hydrogen (secondary N) is 1. The molecule has 0 bridgehead atoms. The highest BCUT2D eigenvalue weighted by molar-refractivity contribution is 7.10. The maximum Gasteiger partial charge on any atom is 0.300 e. The molecule has 2 aromatic heterocycles. The molecule has 0 saturated carbocycles. The Kier molecular flexibility index (Phi) is 3.53. The van der Waals surface area contributed by atoms with Crippen LogP contribution in [0.25, 0.3) is 11.0 Å². The van der Waals surface area contributed by atoms with Crippen molar-refractivity contribution < 1.29 is 9.55 Å². The fraction of sp³-hybridized carbons (Fsp3) is 0.231. The predicted molar refractivity (Wildman–Crippen MR) is 79.4 cm³/mol. The van der Waals surface area contributed by atoms with Crippen LogP contribution in [0.5, 0.6) is 0 Å². The monoisotopic (exact) mass is 304 g/mol. The smallest absolute Gasteiger partial charge is 0.300 e. The lowest BCUT2D eigenvalue weighted by atomic mass is 10.1. The average Bonchev–Trinajstić information content (AvgIpc) is 3.15. The van der Waals surface area contributed by atoms with E-state index in [-0.39, 0.29) is 17.2 Å². The standard InChI is InChI=1S/C13H12N4O3S/c1-2-8(11-4-3-7-21-11)14-9-5-6-10(17(18)19)13-12(9)15-20-16-13/h3-8,14H,2H2,1H3. The van der Waals surface area contributed by atoms with E-state index >= 15 is 0 Å². The topological polar surface area (TPSA) is 94.1 Å². The van der Waals surface area contributed by atoms with E-state index in [9.17, 15) is 10.1 Å². The number of aromatic nitrogens is 2. The van der Waals surface area contributed by atoms with Gasteiger partial charge in [-0.05, 0) is 34.2 Å². The summed E-state index contributed by atoms with van der Waals surface area (Å²) in [4.78, 5) is 11.7. The number of hydrogen-bond donors (Lipinski definition) is 1. The number of non-ortho nitro benzene ring substituents is 1. The fourth-order valence-corrected chi connectivity index (χ4v) is 3.03. The second kappa shape index (κ2) is 5.49. The van der Waals surface area contributed by atoms with Crippen LogP contribution in [-0.4, -0.2) is 15.2 Å². The Morgan fingerprint density at radius 1 is 1.38 bits per heavy atom. The van der Waals surface area contributed by atoms with E-state index in [0.29, 0.717) is 11.2 Å². The Bertz CT molecular complexity index is 769. The third-order valence-corrected chi connectivity index (χ3v) is 4.20. The van der Waals surface area contributed by atoms with Gasteiger partial charge in [0.1, 0.15) is 0 Å². The van der Waals surface area contributed by atoms with Gasteiger partial charge in [-0.25, -0.2) is 4.63 Å². The molecule has 1 unspecified atom stereocenters. The molecular formula is C13H12N4O3S. The molecule has 3 rings (SSSR count). The van der Waals surface area contributed by atoms with Gasteiger partial charge in [0.05, 0.1) is 16.7 Å². The molecule has 0 amide bonds. The number of nitro benzene ring substituents is 1. The summed E-state index contributed by atoms with van der Waals surface area (Å²) in [6.07, 6.45) is 0.879. The number of nitrogens with zero attached hydrogens (tertiary/aromatic N) is 3. The first-order valence-electron chi connectivity index (χ1n) is 6.40. The highest BCUT2D eigenvalue weighted by Gasteiger charge is 2.21. The quantitative estimate of drug-likeness (QED) is 0.569. The van der Waals surface area contributed by atoms with Gasteiger partial charge in [0.25, 0.3) is 0 Å². The molecule has 0 radical (unpaired) electrons. The highest BCUT2D eigenvalue weighted by Crippen LogP contribution is 2.32. The van der Waals surface area contributed by atoms with Gasteiger partial charge < -0.3 is 5.32 Å². The maximum absolute atomic E-state index is 11.0. The minimum atomic E-state index is -0.493. The fourth-order valence-electron chi connectivity index (χ4n) is 2.17. The molecule has 7 nitrogen and oxygen atoms in total. The molecule has 0 spiro atoms. The van der Waals surface area contributed by atoms with Gasteiger partial charge in [0.15, 0.2) is 5.52 Å². The zero-order valence-corrected chi connectivity index (χ0v) is 12.0. The van der Waals surface area contributed by atoms with Crippen LogP contribution < -0.4 is 5.32 Å². The van der Waals surface area contributed by atoms with Crippen molar-refractivity contribution in [3.63, 3.8) is 0 Å². The Hall–Kier alpha value is -2.48. The van der Waals surface area contributed by atoms with E-state index in [0.717, 1.165) is 6.42 Å². The molecule has 108 valence electrons. The Labute approximate surface area is 123 Å². The summed E-state index contributed by atoms with van der Waals surface area (Å²) >= 11 is 1.66. The van der Waals surface area contributed by atoms with E-state index in [2.05, 4.69) is 33.2 Å². The number of nitro groups is 1.